The Morgan fingerprint density at radius 2 is 1.85 bits per heavy atom. The van der Waals surface area contributed by atoms with Crippen molar-refractivity contribution < 1.29 is 4.79 Å². The van der Waals surface area contributed by atoms with E-state index >= 15 is 0 Å². The highest BCUT2D eigenvalue weighted by Crippen LogP contribution is 2.16. The standard InChI is InChI=1S/C24H24ClN7O/c1-17-5-7-18(8-6-17)13-28-23(33)15-27-21-12-22(32-10-9-26-16-32)31-24(30-21)29-14-19-3-2-4-20(25)11-19/h2-12,16H,13-15H2,1H3,(H,28,33)(H2,27,29,30,31). The van der Waals surface area contributed by atoms with Gasteiger partial charge in [0, 0.05) is 36.6 Å². The first-order valence-corrected chi connectivity index (χ1v) is 10.8. The zero-order valence-corrected chi connectivity index (χ0v) is 18.9. The molecular weight excluding hydrogens is 438 g/mol. The summed E-state index contributed by atoms with van der Waals surface area (Å²) in [5.41, 5.74) is 3.24. The van der Waals surface area contributed by atoms with Crippen LogP contribution >= 0.6 is 11.6 Å². The Morgan fingerprint density at radius 1 is 1.00 bits per heavy atom. The van der Waals surface area contributed by atoms with Gasteiger partial charge in [0.2, 0.25) is 11.9 Å². The van der Waals surface area contributed by atoms with Crippen molar-refractivity contribution in [2.45, 2.75) is 20.0 Å². The molecule has 0 spiro atoms. The minimum atomic E-state index is -0.133. The van der Waals surface area contributed by atoms with Crippen LogP contribution in [0.5, 0.6) is 0 Å². The number of rotatable bonds is 9. The summed E-state index contributed by atoms with van der Waals surface area (Å²) in [6.07, 6.45) is 5.12. The Labute approximate surface area is 197 Å². The van der Waals surface area contributed by atoms with Gasteiger partial charge in [0.25, 0.3) is 0 Å². The van der Waals surface area contributed by atoms with Crippen LogP contribution in [0.15, 0.2) is 73.3 Å². The molecule has 168 valence electrons. The third-order valence-corrected chi connectivity index (χ3v) is 5.10. The predicted molar refractivity (Wildman–Crippen MR) is 129 cm³/mol. The van der Waals surface area contributed by atoms with Gasteiger partial charge in [-0.05, 0) is 30.2 Å². The zero-order valence-electron chi connectivity index (χ0n) is 18.1. The van der Waals surface area contributed by atoms with Crippen molar-refractivity contribution in [2.75, 3.05) is 17.2 Å². The number of aryl methyl sites for hydroxylation is 1. The fraction of sp³-hybridized carbons (Fsp3) is 0.167. The Morgan fingerprint density at radius 3 is 2.61 bits per heavy atom. The monoisotopic (exact) mass is 461 g/mol. The van der Waals surface area contributed by atoms with E-state index in [1.807, 2.05) is 55.5 Å². The van der Waals surface area contributed by atoms with Crippen molar-refractivity contribution in [1.29, 1.82) is 0 Å². The van der Waals surface area contributed by atoms with Gasteiger partial charge in [0.1, 0.15) is 18.0 Å². The van der Waals surface area contributed by atoms with E-state index in [1.165, 1.54) is 5.56 Å². The third-order valence-electron chi connectivity index (χ3n) is 4.86. The number of aromatic nitrogens is 4. The van der Waals surface area contributed by atoms with Crippen LogP contribution in [0, 0.1) is 6.92 Å². The average molecular weight is 462 g/mol. The average Bonchev–Trinajstić information content (AvgIpc) is 3.36. The molecule has 1 amide bonds. The second-order valence-electron chi connectivity index (χ2n) is 7.50. The molecular formula is C24H24ClN7O. The van der Waals surface area contributed by atoms with Gasteiger partial charge in [0.15, 0.2) is 0 Å². The molecule has 2 aromatic heterocycles. The van der Waals surface area contributed by atoms with Crippen LogP contribution in [0.4, 0.5) is 11.8 Å². The molecule has 33 heavy (non-hydrogen) atoms. The second-order valence-corrected chi connectivity index (χ2v) is 7.94. The fourth-order valence-electron chi connectivity index (χ4n) is 3.10. The van der Waals surface area contributed by atoms with Crippen molar-refractivity contribution in [3.63, 3.8) is 0 Å². The molecule has 8 nitrogen and oxygen atoms in total. The zero-order chi connectivity index (χ0) is 23.0. The molecule has 4 rings (SSSR count). The molecule has 0 aliphatic carbocycles. The fourth-order valence-corrected chi connectivity index (χ4v) is 3.31. The molecule has 0 unspecified atom stereocenters. The van der Waals surface area contributed by atoms with Gasteiger partial charge in [0.05, 0.1) is 6.54 Å². The van der Waals surface area contributed by atoms with E-state index in [-0.39, 0.29) is 12.5 Å². The van der Waals surface area contributed by atoms with E-state index in [0.29, 0.717) is 35.7 Å². The molecule has 2 aromatic carbocycles. The van der Waals surface area contributed by atoms with Gasteiger partial charge in [-0.15, -0.1) is 0 Å². The smallest absolute Gasteiger partial charge is 0.239 e. The number of benzene rings is 2. The summed E-state index contributed by atoms with van der Waals surface area (Å²) in [6, 6.07) is 17.4. The van der Waals surface area contributed by atoms with Crippen LogP contribution in [0.2, 0.25) is 5.02 Å². The van der Waals surface area contributed by atoms with Crippen molar-refractivity contribution in [2.24, 2.45) is 0 Å². The molecule has 0 fully saturated rings. The van der Waals surface area contributed by atoms with Gasteiger partial charge >= 0.3 is 0 Å². The Bertz CT molecular complexity index is 1210. The van der Waals surface area contributed by atoms with E-state index in [1.54, 1.807) is 29.4 Å². The predicted octanol–water partition coefficient (Wildman–Crippen LogP) is 3.96. The summed E-state index contributed by atoms with van der Waals surface area (Å²) in [5.74, 6) is 1.43. The first-order chi connectivity index (χ1) is 16.0. The van der Waals surface area contributed by atoms with Gasteiger partial charge in [-0.1, -0.05) is 53.6 Å². The normalized spacial score (nSPS) is 10.6. The SMILES string of the molecule is Cc1ccc(CNC(=O)CNc2cc(-n3ccnc3)nc(NCc3cccc(Cl)c3)n2)cc1. The van der Waals surface area contributed by atoms with Crippen molar-refractivity contribution in [3.05, 3.63) is 95.0 Å². The van der Waals surface area contributed by atoms with Gasteiger partial charge in [-0.2, -0.15) is 9.97 Å². The van der Waals surface area contributed by atoms with Crippen LogP contribution in [0.1, 0.15) is 16.7 Å². The van der Waals surface area contributed by atoms with Gasteiger partial charge < -0.3 is 16.0 Å². The maximum Gasteiger partial charge on any atom is 0.239 e. The van der Waals surface area contributed by atoms with E-state index in [4.69, 9.17) is 11.6 Å². The number of imidazole rings is 1. The van der Waals surface area contributed by atoms with Crippen LogP contribution in [-0.4, -0.2) is 32.0 Å². The van der Waals surface area contributed by atoms with Gasteiger partial charge in [-0.3, -0.25) is 9.36 Å². The number of amides is 1. The van der Waals surface area contributed by atoms with Crippen molar-refractivity contribution in [1.82, 2.24) is 24.8 Å². The molecule has 2 heterocycles. The third kappa shape index (κ3) is 6.54. The lowest BCUT2D eigenvalue weighted by atomic mass is 10.1. The number of nitrogens with zero attached hydrogens (tertiary/aromatic N) is 4. The number of hydrogen-bond acceptors (Lipinski definition) is 6. The quantitative estimate of drug-likeness (QED) is 0.349. The van der Waals surface area contributed by atoms with Crippen LogP contribution < -0.4 is 16.0 Å². The number of nitrogens with one attached hydrogen (secondary N) is 3. The first kappa shape index (κ1) is 22.3. The summed E-state index contributed by atoms with van der Waals surface area (Å²) in [6.45, 7) is 3.09. The minimum absolute atomic E-state index is 0.0833. The summed E-state index contributed by atoms with van der Waals surface area (Å²) in [7, 11) is 0. The molecule has 4 aromatic rings. The summed E-state index contributed by atoms with van der Waals surface area (Å²) < 4.78 is 1.77. The van der Waals surface area contributed by atoms with Gasteiger partial charge in [-0.25, -0.2) is 4.98 Å². The van der Waals surface area contributed by atoms with E-state index in [9.17, 15) is 4.79 Å². The number of anilines is 2. The summed E-state index contributed by atoms with van der Waals surface area (Å²) >= 11 is 6.07. The van der Waals surface area contributed by atoms with E-state index < -0.39 is 0 Å². The molecule has 0 atom stereocenters. The number of halogens is 1. The molecule has 0 aliphatic heterocycles. The lowest BCUT2D eigenvalue weighted by Crippen LogP contribution is -2.29. The number of carbonyl (C=O) groups is 1. The highest BCUT2D eigenvalue weighted by molar-refractivity contribution is 6.30. The van der Waals surface area contributed by atoms with Crippen LogP contribution in [-0.2, 0) is 17.9 Å². The molecule has 0 bridgehead atoms. The van der Waals surface area contributed by atoms with Crippen molar-refractivity contribution >= 4 is 29.3 Å². The van der Waals surface area contributed by atoms with Crippen LogP contribution in [0.25, 0.3) is 5.82 Å². The lowest BCUT2D eigenvalue weighted by molar-refractivity contribution is -0.119. The molecule has 0 saturated heterocycles. The largest absolute Gasteiger partial charge is 0.361 e. The van der Waals surface area contributed by atoms with Crippen molar-refractivity contribution in [3.8, 4) is 5.82 Å². The van der Waals surface area contributed by atoms with E-state index in [0.717, 1.165) is 11.1 Å². The Hall–Kier alpha value is -3.91. The first-order valence-electron chi connectivity index (χ1n) is 10.5. The van der Waals surface area contributed by atoms with E-state index in [2.05, 4.69) is 30.9 Å². The maximum absolute atomic E-state index is 12.3. The topological polar surface area (TPSA) is 96.8 Å². The molecule has 9 heteroatoms. The Balaban J connectivity index is 1.41. The highest BCUT2D eigenvalue weighted by atomic mass is 35.5. The summed E-state index contributed by atoms with van der Waals surface area (Å²) in [4.78, 5) is 25.5. The summed E-state index contributed by atoms with van der Waals surface area (Å²) in [5, 5.41) is 9.87. The minimum Gasteiger partial charge on any atom is -0.361 e. The number of hydrogen-bond donors (Lipinski definition) is 3. The van der Waals surface area contributed by atoms with Crippen LogP contribution in [0.3, 0.4) is 0 Å². The number of carbonyl (C=O) groups excluding carboxylic acids is 1. The maximum atomic E-state index is 12.3. The molecule has 0 saturated carbocycles. The molecule has 3 N–H and O–H groups in total. The second kappa shape index (κ2) is 10.6. The molecule has 0 radical (unpaired) electrons. The lowest BCUT2D eigenvalue weighted by Gasteiger charge is -2.12. The highest BCUT2D eigenvalue weighted by Gasteiger charge is 2.09. The molecule has 0 aliphatic rings. The Kier molecular flexibility index (Phi) is 7.16.